The first-order valence-electron chi connectivity index (χ1n) is 8.07. The maximum absolute atomic E-state index is 12.9. The van der Waals surface area contributed by atoms with Crippen molar-refractivity contribution in [3.63, 3.8) is 0 Å². The molecule has 2 aromatic carbocycles. The lowest BCUT2D eigenvalue weighted by atomic mass is 10.2. The van der Waals surface area contributed by atoms with E-state index < -0.39 is 21.6 Å². The first-order chi connectivity index (χ1) is 12.9. The number of carbonyl (C=O) groups excluding carboxylic acids is 1. The van der Waals surface area contributed by atoms with Crippen LogP contribution < -0.4 is 5.32 Å². The second kappa shape index (κ2) is 8.09. The van der Waals surface area contributed by atoms with E-state index in [9.17, 15) is 17.6 Å². The molecule has 3 rings (SSSR count). The number of carbonyl (C=O) groups is 1. The highest BCUT2D eigenvalue weighted by Crippen LogP contribution is 2.13. The molecule has 0 saturated heterocycles. The minimum Gasteiger partial charge on any atom is -0.344 e. The highest BCUT2D eigenvalue weighted by Gasteiger charge is 2.19. The van der Waals surface area contributed by atoms with E-state index in [1.165, 1.54) is 12.1 Å². The minimum absolute atomic E-state index is 0.00761. The Kier molecular flexibility index (Phi) is 5.60. The molecule has 0 bridgehead atoms. The second-order valence-electron chi connectivity index (χ2n) is 5.71. The zero-order valence-electron chi connectivity index (χ0n) is 14.1. The predicted molar refractivity (Wildman–Crippen MR) is 94.1 cm³/mol. The second-order valence-corrected chi connectivity index (χ2v) is 7.82. The van der Waals surface area contributed by atoms with E-state index in [0.717, 1.165) is 17.7 Å². The van der Waals surface area contributed by atoms with Crippen molar-refractivity contribution in [2.75, 3.05) is 5.75 Å². The lowest BCUT2D eigenvalue weighted by molar-refractivity contribution is 0.0907. The molecule has 0 atom stereocenters. The standard InChI is InChI=1S/C18H16FN3O4S/c19-14-6-8-15(9-7-14)27(24,25)11-10-16-21-18(26-22-16)17(23)20-12-13-4-2-1-3-5-13/h1-9H,10-12H2,(H,20,23). The van der Waals surface area contributed by atoms with Gasteiger partial charge in [-0.3, -0.25) is 4.79 Å². The fraction of sp³-hybridized carbons (Fsp3) is 0.167. The van der Waals surface area contributed by atoms with Gasteiger partial charge in [0.2, 0.25) is 0 Å². The summed E-state index contributed by atoms with van der Waals surface area (Å²) < 4.78 is 42.3. The van der Waals surface area contributed by atoms with Gasteiger partial charge in [-0.2, -0.15) is 4.98 Å². The lowest BCUT2D eigenvalue weighted by Crippen LogP contribution is -2.23. The lowest BCUT2D eigenvalue weighted by Gasteiger charge is -2.02. The largest absolute Gasteiger partial charge is 0.344 e. The quantitative estimate of drug-likeness (QED) is 0.621. The third-order valence-electron chi connectivity index (χ3n) is 3.73. The van der Waals surface area contributed by atoms with Crippen molar-refractivity contribution in [3.05, 3.63) is 77.7 Å². The number of aryl methyl sites for hydroxylation is 1. The Labute approximate surface area is 155 Å². The third kappa shape index (κ3) is 4.98. The zero-order chi connectivity index (χ0) is 19.3. The van der Waals surface area contributed by atoms with E-state index in [1.807, 2.05) is 30.3 Å². The number of halogens is 1. The van der Waals surface area contributed by atoms with Crippen molar-refractivity contribution in [2.45, 2.75) is 17.9 Å². The summed E-state index contributed by atoms with van der Waals surface area (Å²) in [6.07, 6.45) is -0.0326. The van der Waals surface area contributed by atoms with Crippen LogP contribution in [0.4, 0.5) is 4.39 Å². The van der Waals surface area contributed by atoms with Crippen molar-refractivity contribution in [2.24, 2.45) is 0 Å². The Morgan fingerprint density at radius 1 is 1.07 bits per heavy atom. The van der Waals surface area contributed by atoms with Crippen LogP contribution in [-0.2, 0) is 22.8 Å². The molecule has 27 heavy (non-hydrogen) atoms. The summed E-state index contributed by atoms with van der Waals surface area (Å²) >= 11 is 0. The van der Waals surface area contributed by atoms with Gasteiger partial charge in [0.25, 0.3) is 0 Å². The van der Waals surface area contributed by atoms with Gasteiger partial charge in [0.15, 0.2) is 15.7 Å². The average Bonchev–Trinajstić information content (AvgIpc) is 3.15. The fourth-order valence-electron chi connectivity index (χ4n) is 2.29. The highest BCUT2D eigenvalue weighted by molar-refractivity contribution is 7.91. The van der Waals surface area contributed by atoms with Crippen LogP contribution in [0.5, 0.6) is 0 Å². The van der Waals surface area contributed by atoms with Crippen molar-refractivity contribution < 1.29 is 22.1 Å². The van der Waals surface area contributed by atoms with Gasteiger partial charge in [-0.25, -0.2) is 12.8 Å². The topological polar surface area (TPSA) is 102 Å². The summed E-state index contributed by atoms with van der Waals surface area (Å²) in [7, 11) is -3.62. The zero-order valence-corrected chi connectivity index (χ0v) is 14.9. The number of hydrogen-bond acceptors (Lipinski definition) is 6. The van der Waals surface area contributed by atoms with E-state index in [-0.39, 0.29) is 28.8 Å². The molecule has 0 unspecified atom stereocenters. The molecule has 1 N–H and O–H groups in total. The molecule has 140 valence electrons. The molecule has 0 radical (unpaired) electrons. The number of benzene rings is 2. The summed E-state index contributed by atoms with van der Waals surface area (Å²) in [4.78, 5) is 16.0. The van der Waals surface area contributed by atoms with Gasteiger partial charge in [0, 0.05) is 13.0 Å². The molecule has 0 fully saturated rings. The molecule has 0 aliphatic rings. The number of amides is 1. The van der Waals surface area contributed by atoms with Gasteiger partial charge in [-0.1, -0.05) is 35.5 Å². The van der Waals surface area contributed by atoms with Crippen LogP contribution in [0.1, 0.15) is 22.1 Å². The molecule has 1 heterocycles. The average molecular weight is 389 g/mol. The van der Waals surface area contributed by atoms with E-state index >= 15 is 0 Å². The maximum Gasteiger partial charge on any atom is 0.315 e. The summed E-state index contributed by atoms with van der Waals surface area (Å²) in [6.45, 7) is 0.302. The fourth-order valence-corrected chi connectivity index (χ4v) is 3.52. The van der Waals surface area contributed by atoms with E-state index in [2.05, 4.69) is 15.5 Å². The van der Waals surface area contributed by atoms with Crippen molar-refractivity contribution in [3.8, 4) is 0 Å². The van der Waals surface area contributed by atoms with E-state index in [1.54, 1.807) is 0 Å². The number of sulfone groups is 1. The Hall–Kier alpha value is -3.07. The van der Waals surface area contributed by atoms with Crippen molar-refractivity contribution in [1.29, 1.82) is 0 Å². The smallest absolute Gasteiger partial charge is 0.315 e. The Morgan fingerprint density at radius 3 is 2.48 bits per heavy atom. The number of nitrogens with zero attached hydrogens (tertiary/aromatic N) is 2. The summed E-state index contributed by atoms with van der Waals surface area (Å²) in [6, 6.07) is 13.9. The molecular formula is C18H16FN3O4S. The Morgan fingerprint density at radius 2 is 1.78 bits per heavy atom. The number of nitrogens with one attached hydrogen (secondary N) is 1. The molecular weight excluding hydrogens is 373 g/mol. The molecule has 0 spiro atoms. The summed E-state index contributed by atoms with van der Waals surface area (Å²) in [5.41, 5.74) is 0.913. The number of aromatic nitrogens is 2. The molecule has 1 aromatic heterocycles. The normalized spacial score (nSPS) is 11.3. The molecule has 0 aliphatic carbocycles. The van der Waals surface area contributed by atoms with Gasteiger partial charge in [-0.05, 0) is 29.8 Å². The van der Waals surface area contributed by atoms with Gasteiger partial charge < -0.3 is 9.84 Å². The highest BCUT2D eigenvalue weighted by atomic mass is 32.2. The molecule has 3 aromatic rings. The molecule has 9 heteroatoms. The van der Waals surface area contributed by atoms with E-state index in [0.29, 0.717) is 6.54 Å². The van der Waals surface area contributed by atoms with Crippen LogP contribution in [0.3, 0.4) is 0 Å². The molecule has 1 amide bonds. The summed E-state index contributed by atoms with van der Waals surface area (Å²) in [5, 5.41) is 6.27. The van der Waals surface area contributed by atoms with Crippen LogP contribution in [-0.4, -0.2) is 30.2 Å². The van der Waals surface area contributed by atoms with E-state index in [4.69, 9.17) is 4.52 Å². The van der Waals surface area contributed by atoms with Gasteiger partial charge >= 0.3 is 11.8 Å². The number of hydrogen-bond donors (Lipinski definition) is 1. The third-order valence-corrected chi connectivity index (χ3v) is 5.46. The number of rotatable bonds is 7. The molecule has 0 saturated carbocycles. The van der Waals surface area contributed by atoms with Gasteiger partial charge in [0.1, 0.15) is 5.82 Å². The van der Waals surface area contributed by atoms with Gasteiger partial charge in [0.05, 0.1) is 10.6 Å². The first kappa shape index (κ1) is 18.7. The van der Waals surface area contributed by atoms with Crippen molar-refractivity contribution in [1.82, 2.24) is 15.5 Å². The van der Waals surface area contributed by atoms with Crippen LogP contribution in [0, 0.1) is 5.82 Å². The Bertz CT molecular complexity index is 1020. The van der Waals surface area contributed by atoms with Crippen LogP contribution in [0.15, 0.2) is 64.0 Å². The first-order valence-corrected chi connectivity index (χ1v) is 9.72. The van der Waals surface area contributed by atoms with Crippen LogP contribution >= 0.6 is 0 Å². The Balaban J connectivity index is 1.57. The monoisotopic (exact) mass is 389 g/mol. The van der Waals surface area contributed by atoms with Crippen molar-refractivity contribution >= 4 is 15.7 Å². The maximum atomic E-state index is 12.9. The minimum atomic E-state index is -3.62. The predicted octanol–water partition coefficient (Wildman–Crippen LogP) is 2.16. The molecule has 7 nitrogen and oxygen atoms in total. The summed E-state index contributed by atoms with van der Waals surface area (Å²) in [5.74, 6) is -1.48. The van der Waals surface area contributed by atoms with Gasteiger partial charge in [-0.15, -0.1) is 0 Å². The van der Waals surface area contributed by atoms with Crippen LogP contribution in [0.2, 0.25) is 0 Å². The molecule has 0 aliphatic heterocycles. The van der Waals surface area contributed by atoms with Crippen LogP contribution in [0.25, 0.3) is 0 Å². The SMILES string of the molecule is O=C(NCc1ccccc1)c1nc(CCS(=O)(=O)c2ccc(F)cc2)no1.